The molecule has 1 aliphatic heterocycles. The van der Waals surface area contributed by atoms with E-state index in [-0.39, 0.29) is 17.5 Å². The molecule has 5 rings (SSSR count). The first-order valence-corrected chi connectivity index (χ1v) is 12.9. The van der Waals surface area contributed by atoms with Crippen molar-refractivity contribution in [3.8, 4) is 0 Å². The van der Waals surface area contributed by atoms with Gasteiger partial charge < -0.3 is 14.9 Å². The Labute approximate surface area is 197 Å². The molecule has 33 heavy (non-hydrogen) atoms. The molecule has 5 aliphatic rings. The molecule has 0 unspecified atom stereocenters. The molecular weight excluding hydrogens is 416 g/mol. The zero-order valence-electron chi connectivity index (χ0n) is 21.0. The van der Waals surface area contributed by atoms with Crippen LogP contribution in [0.5, 0.6) is 0 Å². The highest BCUT2D eigenvalue weighted by Gasteiger charge is 2.84. The van der Waals surface area contributed by atoms with Gasteiger partial charge in [0, 0.05) is 17.3 Å². The normalized spacial score (nSPS) is 50.4. The first-order chi connectivity index (χ1) is 15.3. The Morgan fingerprint density at radius 3 is 2.36 bits per heavy atom. The van der Waals surface area contributed by atoms with Gasteiger partial charge in [0.25, 0.3) is 0 Å². The third-order valence-corrected chi connectivity index (χ3v) is 11.0. The molecule has 1 heterocycles. The Morgan fingerprint density at radius 2 is 1.70 bits per heavy atom. The van der Waals surface area contributed by atoms with Gasteiger partial charge in [0.1, 0.15) is 0 Å². The van der Waals surface area contributed by atoms with E-state index >= 15 is 0 Å². The summed E-state index contributed by atoms with van der Waals surface area (Å²) in [6.45, 7) is 13.0. The van der Waals surface area contributed by atoms with E-state index in [2.05, 4.69) is 46.8 Å². The average molecular weight is 457 g/mol. The van der Waals surface area contributed by atoms with E-state index in [9.17, 15) is 19.8 Å². The van der Waals surface area contributed by atoms with Crippen LogP contribution < -0.4 is 0 Å². The van der Waals surface area contributed by atoms with E-state index in [1.807, 2.05) is 6.92 Å². The van der Waals surface area contributed by atoms with Crippen molar-refractivity contribution in [2.75, 3.05) is 0 Å². The summed E-state index contributed by atoms with van der Waals surface area (Å²) in [4.78, 5) is 25.8. The molecular formula is C28H40O5. The van der Waals surface area contributed by atoms with Crippen LogP contribution in [0.25, 0.3) is 0 Å². The van der Waals surface area contributed by atoms with Crippen LogP contribution in [0.2, 0.25) is 0 Å². The zero-order valence-corrected chi connectivity index (χ0v) is 21.0. The molecule has 0 aromatic heterocycles. The van der Waals surface area contributed by atoms with Crippen LogP contribution in [-0.2, 0) is 14.3 Å². The van der Waals surface area contributed by atoms with E-state index < -0.39 is 33.7 Å². The van der Waals surface area contributed by atoms with Crippen molar-refractivity contribution < 1.29 is 24.5 Å². The summed E-state index contributed by atoms with van der Waals surface area (Å²) in [5.74, 6) is 1.34. The predicted molar refractivity (Wildman–Crippen MR) is 125 cm³/mol. The standard InChI is InChI=1S/C28H40O5/c1-16(2)17(3)7-8-18(4)19-9-12-26(31)21-15-22(30)28-23(33-28)20(29)10-11-25(28,6)27(21,32)14-13-24(19,26)5/h7-8,15-19,23,31-32H,9-14H2,1-6H3/b8-7+/t17-,18+,19+,23+,24+,25+,26-,27+,28+/m0/s1. The lowest BCUT2D eigenvalue weighted by atomic mass is 9.44. The van der Waals surface area contributed by atoms with Gasteiger partial charge in [-0.05, 0) is 67.4 Å². The fourth-order valence-corrected chi connectivity index (χ4v) is 8.15. The highest BCUT2D eigenvalue weighted by Crippen LogP contribution is 2.73. The Balaban J connectivity index is 1.53. The van der Waals surface area contributed by atoms with Crippen LogP contribution in [0.1, 0.15) is 80.1 Å². The maximum absolute atomic E-state index is 13.4. The van der Waals surface area contributed by atoms with Gasteiger partial charge in [-0.3, -0.25) is 9.59 Å². The minimum absolute atomic E-state index is 0.0437. The molecule has 4 aliphatic carbocycles. The maximum atomic E-state index is 13.4. The summed E-state index contributed by atoms with van der Waals surface area (Å²) in [5.41, 5.74) is -4.66. The molecule has 0 bridgehead atoms. The van der Waals surface area contributed by atoms with Gasteiger partial charge in [0.2, 0.25) is 0 Å². The Bertz CT molecular complexity index is 965. The number of aliphatic hydroxyl groups is 2. The molecule has 4 fully saturated rings. The Hall–Kier alpha value is -1.30. The molecule has 0 amide bonds. The highest BCUT2D eigenvalue weighted by molar-refractivity contribution is 6.09. The van der Waals surface area contributed by atoms with Crippen molar-refractivity contribution in [3.63, 3.8) is 0 Å². The maximum Gasteiger partial charge on any atom is 0.191 e. The SMILES string of the molecule is CC(C)[C@@H](C)/C=C/[C@@H](C)[C@H]1CC[C@]2(O)C3=CC(=O)[C@@]45O[C@@H]4C(=O)CC[C@]5(C)[C@@]3(O)CC[C@]12C. The third kappa shape index (κ3) is 2.60. The second-order valence-electron chi connectivity index (χ2n) is 12.6. The number of Topliss-reactive ketones (excluding diaryl/α,β-unsaturated/α-hetero) is 1. The lowest BCUT2D eigenvalue weighted by molar-refractivity contribution is -0.185. The summed E-state index contributed by atoms with van der Waals surface area (Å²) >= 11 is 0. The molecule has 1 saturated heterocycles. The summed E-state index contributed by atoms with van der Waals surface area (Å²) in [7, 11) is 0. The van der Waals surface area contributed by atoms with Crippen molar-refractivity contribution >= 4 is 11.6 Å². The van der Waals surface area contributed by atoms with E-state index in [1.165, 1.54) is 6.08 Å². The number of ether oxygens (including phenoxy) is 1. The third-order valence-electron chi connectivity index (χ3n) is 11.0. The van der Waals surface area contributed by atoms with Crippen LogP contribution in [0.15, 0.2) is 23.8 Å². The van der Waals surface area contributed by atoms with Gasteiger partial charge in [-0.15, -0.1) is 0 Å². The molecule has 2 N–H and O–H groups in total. The Morgan fingerprint density at radius 1 is 1.00 bits per heavy atom. The number of carbonyl (C=O) groups excluding carboxylic acids is 2. The van der Waals surface area contributed by atoms with Crippen molar-refractivity contribution in [1.82, 2.24) is 0 Å². The topological polar surface area (TPSA) is 87.1 Å². The fraction of sp³-hybridized carbons (Fsp3) is 0.786. The van der Waals surface area contributed by atoms with Crippen molar-refractivity contribution in [2.24, 2.45) is 34.5 Å². The van der Waals surface area contributed by atoms with Gasteiger partial charge >= 0.3 is 0 Å². The Kier molecular flexibility index (Phi) is 4.89. The summed E-state index contributed by atoms with van der Waals surface area (Å²) in [5, 5.41) is 24.5. The molecule has 3 saturated carbocycles. The largest absolute Gasteiger partial charge is 0.385 e. The smallest absolute Gasteiger partial charge is 0.191 e. The van der Waals surface area contributed by atoms with Gasteiger partial charge in [-0.2, -0.15) is 0 Å². The zero-order chi connectivity index (χ0) is 24.2. The molecule has 0 aromatic carbocycles. The first kappa shape index (κ1) is 23.4. The van der Waals surface area contributed by atoms with Gasteiger partial charge in [-0.1, -0.05) is 53.7 Å². The molecule has 182 valence electrons. The minimum atomic E-state index is -1.34. The number of carbonyl (C=O) groups is 2. The van der Waals surface area contributed by atoms with Crippen LogP contribution >= 0.6 is 0 Å². The van der Waals surface area contributed by atoms with Gasteiger partial charge in [0.05, 0.1) is 11.2 Å². The van der Waals surface area contributed by atoms with Crippen LogP contribution in [-0.4, -0.2) is 44.7 Å². The van der Waals surface area contributed by atoms with Crippen LogP contribution in [0, 0.1) is 34.5 Å². The summed E-state index contributed by atoms with van der Waals surface area (Å²) in [6.07, 6.45) is 8.60. The predicted octanol–water partition coefficient (Wildman–Crippen LogP) is 4.16. The fourth-order valence-electron chi connectivity index (χ4n) is 8.15. The molecule has 5 heteroatoms. The average Bonchev–Trinajstić information content (AvgIpc) is 3.47. The first-order valence-electron chi connectivity index (χ1n) is 12.9. The number of hydrogen-bond acceptors (Lipinski definition) is 5. The molecule has 5 nitrogen and oxygen atoms in total. The number of hydrogen-bond donors (Lipinski definition) is 2. The van der Waals surface area contributed by atoms with E-state index in [0.29, 0.717) is 55.4 Å². The summed E-state index contributed by atoms with van der Waals surface area (Å²) in [6, 6.07) is 0. The second kappa shape index (κ2) is 6.89. The lowest BCUT2D eigenvalue weighted by Crippen LogP contribution is -2.71. The monoisotopic (exact) mass is 456 g/mol. The number of allylic oxidation sites excluding steroid dienone is 2. The van der Waals surface area contributed by atoms with Crippen molar-refractivity contribution in [2.45, 2.75) is 103 Å². The van der Waals surface area contributed by atoms with Crippen molar-refractivity contribution in [1.29, 1.82) is 0 Å². The number of fused-ring (bicyclic) bond motifs is 4. The molecule has 1 spiro atoms. The summed E-state index contributed by atoms with van der Waals surface area (Å²) < 4.78 is 5.82. The minimum Gasteiger partial charge on any atom is -0.385 e. The van der Waals surface area contributed by atoms with E-state index in [0.717, 1.165) is 6.42 Å². The van der Waals surface area contributed by atoms with Crippen LogP contribution in [0.4, 0.5) is 0 Å². The van der Waals surface area contributed by atoms with E-state index in [1.54, 1.807) is 0 Å². The number of epoxide rings is 1. The number of ketones is 2. The second-order valence-corrected chi connectivity index (χ2v) is 12.6. The highest BCUT2D eigenvalue weighted by atomic mass is 16.6. The lowest BCUT2D eigenvalue weighted by Gasteiger charge is -2.62. The number of rotatable bonds is 4. The van der Waals surface area contributed by atoms with Crippen LogP contribution in [0.3, 0.4) is 0 Å². The van der Waals surface area contributed by atoms with Crippen molar-refractivity contribution in [3.05, 3.63) is 23.8 Å². The molecule has 0 radical (unpaired) electrons. The quantitative estimate of drug-likeness (QED) is 0.490. The molecule has 9 atom stereocenters. The van der Waals surface area contributed by atoms with Gasteiger partial charge in [0.15, 0.2) is 23.3 Å². The van der Waals surface area contributed by atoms with Gasteiger partial charge in [-0.25, -0.2) is 0 Å². The van der Waals surface area contributed by atoms with E-state index in [4.69, 9.17) is 4.74 Å². The molecule has 0 aromatic rings.